The van der Waals surface area contributed by atoms with Crippen LogP contribution in [0.15, 0.2) is 30.9 Å². The number of aryl methyl sites for hydroxylation is 2. The minimum atomic E-state index is -0.928. The number of hydrogen-bond acceptors (Lipinski definition) is 4. The Kier molecular flexibility index (Phi) is 6.33. The third-order valence-electron chi connectivity index (χ3n) is 3.40. The molecule has 0 aromatic carbocycles. The molecule has 0 atom stereocenters. The normalized spacial score (nSPS) is 10.7. The van der Waals surface area contributed by atoms with Crippen LogP contribution in [0.2, 0.25) is 0 Å². The van der Waals surface area contributed by atoms with Crippen molar-refractivity contribution in [3.8, 4) is 0 Å². The molecule has 0 saturated carbocycles. The minimum absolute atomic E-state index is 0.0706. The Morgan fingerprint density at radius 2 is 2.05 bits per heavy atom. The third-order valence-corrected chi connectivity index (χ3v) is 4.59. The summed E-state index contributed by atoms with van der Waals surface area (Å²) in [6.45, 7) is 0.989. The molecule has 2 heterocycles. The number of carbonyl (C=O) groups is 2. The number of carboxylic acid groups (broad SMARTS) is 1. The van der Waals surface area contributed by atoms with Crippen molar-refractivity contribution in [2.75, 3.05) is 0 Å². The van der Waals surface area contributed by atoms with Gasteiger partial charge in [0.2, 0.25) is 0 Å². The van der Waals surface area contributed by atoms with Gasteiger partial charge in [0.1, 0.15) is 0 Å². The predicted molar refractivity (Wildman–Crippen MR) is 85.3 cm³/mol. The van der Waals surface area contributed by atoms with E-state index in [-0.39, 0.29) is 18.6 Å². The van der Waals surface area contributed by atoms with Gasteiger partial charge in [0.05, 0.1) is 17.6 Å². The van der Waals surface area contributed by atoms with Gasteiger partial charge < -0.3 is 9.67 Å². The number of imidazole rings is 1. The topological polar surface area (TPSA) is 72.2 Å². The molecule has 0 aliphatic heterocycles. The second kappa shape index (κ2) is 8.48. The third kappa shape index (κ3) is 5.44. The molecule has 0 unspecified atom stereocenters. The molecule has 0 aliphatic carbocycles. The summed E-state index contributed by atoms with van der Waals surface area (Å²) >= 11 is 1.49. The van der Waals surface area contributed by atoms with Crippen molar-refractivity contribution < 1.29 is 14.7 Å². The van der Waals surface area contributed by atoms with Crippen LogP contribution in [0.1, 0.15) is 46.7 Å². The molecule has 2 aromatic rings. The number of aromatic nitrogens is 2. The molecule has 0 spiro atoms. The average Bonchev–Trinajstić information content (AvgIpc) is 3.15. The maximum atomic E-state index is 11.8. The van der Waals surface area contributed by atoms with Crippen molar-refractivity contribution in [3.05, 3.63) is 40.6 Å². The Balaban J connectivity index is 1.66. The summed E-state index contributed by atoms with van der Waals surface area (Å²) in [6.07, 6.45) is 9.89. The molecule has 2 aromatic heterocycles. The number of carboxylic acids is 1. The van der Waals surface area contributed by atoms with Gasteiger partial charge in [-0.2, -0.15) is 0 Å². The zero-order valence-corrected chi connectivity index (χ0v) is 13.2. The molecule has 0 aliphatic rings. The van der Waals surface area contributed by atoms with E-state index in [9.17, 15) is 9.59 Å². The Labute approximate surface area is 133 Å². The van der Waals surface area contributed by atoms with E-state index in [1.54, 1.807) is 6.20 Å². The quantitative estimate of drug-likeness (QED) is 0.538. The summed E-state index contributed by atoms with van der Waals surface area (Å²) in [5.74, 6) is -0.998. The van der Waals surface area contributed by atoms with Crippen molar-refractivity contribution in [1.82, 2.24) is 9.55 Å². The lowest BCUT2D eigenvalue weighted by atomic mass is 10.1. The highest BCUT2D eigenvalue weighted by Crippen LogP contribution is 2.21. The fraction of sp³-hybridized carbons (Fsp3) is 0.438. The van der Waals surface area contributed by atoms with E-state index in [1.165, 1.54) is 16.2 Å². The highest BCUT2D eigenvalue weighted by atomic mass is 32.1. The molecule has 0 amide bonds. The molecule has 5 nitrogen and oxygen atoms in total. The van der Waals surface area contributed by atoms with E-state index in [0.29, 0.717) is 4.88 Å². The van der Waals surface area contributed by atoms with Gasteiger partial charge in [0.25, 0.3) is 0 Å². The van der Waals surface area contributed by atoms with Crippen LogP contribution >= 0.6 is 11.3 Å². The Hall–Kier alpha value is -1.95. The zero-order valence-electron chi connectivity index (χ0n) is 12.4. The van der Waals surface area contributed by atoms with Gasteiger partial charge >= 0.3 is 5.97 Å². The van der Waals surface area contributed by atoms with Crippen molar-refractivity contribution in [3.63, 3.8) is 0 Å². The summed E-state index contributed by atoms with van der Waals surface area (Å²) < 4.78 is 2.07. The predicted octanol–water partition coefficient (Wildman–Crippen LogP) is 3.41. The largest absolute Gasteiger partial charge is 0.481 e. The standard InChI is InChI=1S/C16H20N2O3S/c19-14(6-8-16(20)21)15-7-5-13(22-15)4-2-1-3-10-18-11-9-17-12-18/h5,7,9,11-12H,1-4,6,8,10H2,(H,20,21). The second-order valence-electron chi connectivity index (χ2n) is 5.19. The van der Waals surface area contributed by atoms with Crippen LogP contribution in [-0.4, -0.2) is 26.4 Å². The van der Waals surface area contributed by atoms with E-state index in [1.807, 2.05) is 24.7 Å². The summed E-state index contributed by atoms with van der Waals surface area (Å²) in [6, 6.07) is 3.80. The molecule has 118 valence electrons. The van der Waals surface area contributed by atoms with E-state index < -0.39 is 5.97 Å². The van der Waals surface area contributed by atoms with Crippen LogP contribution in [0, 0.1) is 0 Å². The number of thiophene rings is 1. The molecule has 0 radical (unpaired) electrons. The molecule has 2 rings (SSSR count). The zero-order chi connectivity index (χ0) is 15.8. The Morgan fingerprint density at radius 3 is 2.77 bits per heavy atom. The Morgan fingerprint density at radius 1 is 1.18 bits per heavy atom. The van der Waals surface area contributed by atoms with Crippen LogP contribution in [0.4, 0.5) is 0 Å². The van der Waals surface area contributed by atoms with Gasteiger partial charge in [0.15, 0.2) is 5.78 Å². The number of hydrogen-bond donors (Lipinski definition) is 1. The number of carbonyl (C=O) groups excluding carboxylic acids is 1. The number of nitrogens with zero attached hydrogens (tertiary/aromatic N) is 2. The summed E-state index contributed by atoms with van der Waals surface area (Å²) in [5, 5.41) is 8.60. The average molecular weight is 320 g/mol. The smallest absolute Gasteiger partial charge is 0.303 e. The first kappa shape index (κ1) is 16.4. The lowest BCUT2D eigenvalue weighted by molar-refractivity contribution is -0.136. The maximum absolute atomic E-state index is 11.8. The number of aliphatic carboxylic acids is 1. The van der Waals surface area contributed by atoms with E-state index in [2.05, 4.69) is 9.55 Å². The number of Topliss-reactive ketones (excluding diaryl/α,β-unsaturated/α-hetero) is 1. The highest BCUT2D eigenvalue weighted by molar-refractivity contribution is 7.14. The van der Waals surface area contributed by atoms with Crippen LogP contribution < -0.4 is 0 Å². The van der Waals surface area contributed by atoms with Crippen LogP contribution in [0.3, 0.4) is 0 Å². The van der Waals surface area contributed by atoms with Crippen LogP contribution in [0.5, 0.6) is 0 Å². The molecule has 1 N–H and O–H groups in total. The first-order valence-electron chi connectivity index (χ1n) is 7.44. The number of unbranched alkanes of at least 4 members (excludes halogenated alkanes) is 2. The van der Waals surface area contributed by atoms with Gasteiger partial charge in [-0.1, -0.05) is 6.42 Å². The summed E-state index contributed by atoms with van der Waals surface area (Å²) in [7, 11) is 0. The lowest BCUT2D eigenvalue weighted by Crippen LogP contribution is -2.01. The van der Waals surface area contributed by atoms with Gasteiger partial charge in [-0.15, -0.1) is 11.3 Å². The van der Waals surface area contributed by atoms with E-state index in [0.717, 1.165) is 32.2 Å². The van der Waals surface area contributed by atoms with Crippen molar-refractivity contribution in [2.24, 2.45) is 0 Å². The molecule has 0 bridgehead atoms. The molecular formula is C16H20N2O3S. The highest BCUT2D eigenvalue weighted by Gasteiger charge is 2.11. The maximum Gasteiger partial charge on any atom is 0.303 e. The monoisotopic (exact) mass is 320 g/mol. The number of rotatable bonds is 10. The lowest BCUT2D eigenvalue weighted by Gasteiger charge is -2.01. The second-order valence-corrected chi connectivity index (χ2v) is 6.36. The van der Waals surface area contributed by atoms with Gasteiger partial charge in [0, 0.05) is 30.2 Å². The molecule has 6 heteroatoms. The summed E-state index contributed by atoms with van der Waals surface area (Å²) in [5.41, 5.74) is 0. The van der Waals surface area contributed by atoms with E-state index in [4.69, 9.17) is 5.11 Å². The molecule has 0 saturated heterocycles. The Bertz CT molecular complexity index is 605. The van der Waals surface area contributed by atoms with Crippen molar-refractivity contribution in [2.45, 2.75) is 45.1 Å². The minimum Gasteiger partial charge on any atom is -0.481 e. The number of ketones is 1. The van der Waals surface area contributed by atoms with E-state index >= 15 is 0 Å². The van der Waals surface area contributed by atoms with Gasteiger partial charge in [-0.25, -0.2) is 4.98 Å². The first-order chi connectivity index (χ1) is 10.6. The fourth-order valence-electron chi connectivity index (χ4n) is 2.20. The van der Waals surface area contributed by atoms with Crippen LogP contribution in [-0.2, 0) is 17.8 Å². The fourth-order valence-corrected chi connectivity index (χ4v) is 3.21. The van der Waals surface area contributed by atoms with Gasteiger partial charge in [-0.3, -0.25) is 9.59 Å². The van der Waals surface area contributed by atoms with Crippen molar-refractivity contribution >= 4 is 23.1 Å². The van der Waals surface area contributed by atoms with Crippen molar-refractivity contribution in [1.29, 1.82) is 0 Å². The van der Waals surface area contributed by atoms with Gasteiger partial charge in [-0.05, 0) is 31.4 Å². The molecular weight excluding hydrogens is 300 g/mol. The summed E-state index contributed by atoms with van der Waals surface area (Å²) in [4.78, 5) is 28.2. The SMILES string of the molecule is O=C(O)CCC(=O)c1ccc(CCCCCn2ccnc2)s1. The molecule has 22 heavy (non-hydrogen) atoms. The molecule has 0 fully saturated rings. The van der Waals surface area contributed by atoms with Crippen LogP contribution in [0.25, 0.3) is 0 Å². The first-order valence-corrected chi connectivity index (χ1v) is 8.26.